The van der Waals surface area contributed by atoms with E-state index in [1.165, 1.54) is 76.2 Å². The first-order valence-electron chi connectivity index (χ1n) is 8.69. The Balaban J connectivity index is 1.60. The van der Waals surface area contributed by atoms with E-state index in [0.717, 1.165) is 0 Å². The van der Waals surface area contributed by atoms with E-state index in [1.807, 2.05) is 0 Å². The lowest BCUT2D eigenvalue weighted by Crippen LogP contribution is -2.26. The van der Waals surface area contributed by atoms with E-state index in [1.54, 1.807) is 0 Å². The minimum atomic E-state index is 0.635. The van der Waals surface area contributed by atoms with Gasteiger partial charge in [-0.25, -0.2) is 0 Å². The summed E-state index contributed by atoms with van der Waals surface area (Å²) in [7, 11) is 0. The summed E-state index contributed by atoms with van der Waals surface area (Å²) in [4.78, 5) is 5.08. The standard InChI is InChI=1S/C18H29N3/c1-2-20-11-6-8-16(10-14-20)19-17-7-5-9-18(15-17)21-12-3-4-13-21/h5,7,9,15-16,19H,2-4,6,8,10-14H2,1H3. The minimum Gasteiger partial charge on any atom is -0.382 e. The van der Waals surface area contributed by atoms with Crippen LogP contribution in [0.5, 0.6) is 0 Å². The van der Waals surface area contributed by atoms with Crippen molar-refractivity contribution in [1.82, 2.24) is 4.90 Å². The van der Waals surface area contributed by atoms with Gasteiger partial charge in [0.25, 0.3) is 0 Å². The van der Waals surface area contributed by atoms with E-state index in [9.17, 15) is 0 Å². The van der Waals surface area contributed by atoms with Gasteiger partial charge in [0.05, 0.1) is 0 Å². The average molecular weight is 287 g/mol. The largest absolute Gasteiger partial charge is 0.382 e. The van der Waals surface area contributed by atoms with Crippen LogP contribution in [-0.4, -0.2) is 43.7 Å². The number of rotatable bonds is 4. The van der Waals surface area contributed by atoms with Gasteiger partial charge in [-0.2, -0.15) is 0 Å². The lowest BCUT2D eigenvalue weighted by Gasteiger charge is -2.22. The molecule has 1 aromatic carbocycles. The van der Waals surface area contributed by atoms with Gasteiger partial charge in [-0.1, -0.05) is 13.0 Å². The molecule has 0 radical (unpaired) electrons. The summed E-state index contributed by atoms with van der Waals surface area (Å²) >= 11 is 0. The van der Waals surface area contributed by atoms with Gasteiger partial charge in [0, 0.05) is 37.1 Å². The Morgan fingerprint density at radius 2 is 1.90 bits per heavy atom. The second-order valence-electron chi connectivity index (χ2n) is 6.45. The van der Waals surface area contributed by atoms with Crippen molar-refractivity contribution in [3.8, 4) is 0 Å². The van der Waals surface area contributed by atoms with Crippen molar-refractivity contribution in [3.05, 3.63) is 24.3 Å². The first-order chi connectivity index (χ1) is 10.3. The van der Waals surface area contributed by atoms with Crippen molar-refractivity contribution in [2.24, 2.45) is 0 Å². The molecule has 1 aromatic rings. The van der Waals surface area contributed by atoms with Crippen molar-refractivity contribution < 1.29 is 0 Å². The van der Waals surface area contributed by atoms with Crippen molar-refractivity contribution in [3.63, 3.8) is 0 Å². The van der Waals surface area contributed by atoms with Gasteiger partial charge in [0.1, 0.15) is 0 Å². The van der Waals surface area contributed by atoms with E-state index < -0.39 is 0 Å². The first-order valence-corrected chi connectivity index (χ1v) is 8.69. The topological polar surface area (TPSA) is 18.5 Å². The second kappa shape index (κ2) is 7.17. The average Bonchev–Trinajstić information content (AvgIpc) is 2.96. The molecule has 116 valence electrons. The zero-order chi connectivity index (χ0) is 14.5. The molecule has 21 heavy (non-hydrogen) atoms. The summed E-state index contributed by atoms with van der Waals surface area (Å²) in [5, 5.41) is 3.78. The maximum Gasteiger partial charge on any atom is 0.0386 e. The maximum absolute atomic E-state index is 3.78. The molecule has 2 heterocycles. The van der Waals surface area contributed by atoms with Gasteiger partial charge in [0.2, 0.25) is 0 Å². The number of hydrogen-bond donors (Lipinski definition) is 1. The molecule has 1 N–H and O–H groups in total. The molecule has 0 saturated carbocycles. The molecule has 0 bridgehead atoms. The zero-order valence-electron chi connectivity index (χ0n) is 13.4. The Kier molecular flexibility index (Phi) is 5.02. The molecule has 1 unspecified atom stereocenters. The lowest BCUT2D eigenvalue weighted by atomic mass is 10.1. The predicted molar refractivity (Wildman–Crippen MR) is 91.3 cm³/mol. The monoisotopic (exact) mass is 287 g/mol. The van der Waals surface area contributed by atoms with Crippen LogP contribution in [0.4, 0.5) is 11.4 Å². The van der Waals surface area contributed by atoms with E-state index in [0.29, 0.717) is 6.04 Å². The molecule has 0 spiro atoms. The minimum absolute atomic E-state index is 0.635. The van der Waals surface area contributed by atoms with Gasteiger partial charge in [0.15, 0.2) is 0 Å². The molecule has 0 aliphatic carbocycles. The highest BCUT2D eigenvalue weighted by Gasteiger charge is 2.17. The van der Waals surface area contributed by atoms with E-state index in [2.05, 4.69) is 46.3 Å². The molecule has 2 aliphatic heterocycles. The van der Waals surface area contributed by atoms with Crippen LogP contribution in [0.3, 0.4) is 0 Å². The van der Waals surface area contributed by atoms with E-state index >= 15 is 0 Å². The molecule has 2 fully saturated rings. The quantitative estimate of drug-likeness (QED) is 0.913. The SMILES string of the molecule is CCN1CCCC(Nc2cccc(N3CCCC3)c2)CC1. The number of anilines is 2. The fraction of sp³-hybridized carbons (Fsp3) is 0.667. The maximum atomic E-state index is 3.78. The normalized spacial score (nSPS) is 24.0. The third-order valence-corrected chi connectivity index (χ3v) is 4.96. The van der Waals surface area contributed by atoms with Crippen molar-refractivity contribution >= 4 is 11.4 Å². The summed E-state index contributed by atoms with van der Waals surface area (Å²) < 4.78 is 0. The number of benzene rings is 1. The van der Waals surface area contributed by atoms with Gasteiger partial charge in [-0.15, -0.1) is 0 Å². The van der Waals surface area contributed by atoms with E-state index in [-0.39, 0.29) is 0 Å². The summed E-state index contributed by atoms with van der Waals surface area (Å²) in [6, 6.07) is 9.65. The smallest absolute Gasteiger partial charge is 0.0386 e. The lowest BCUT2D eigenvalue weighted by molar-refractivity contribution is 0.300. The Morgan fingerprint density at radius 3 is 2.71 bits per heavy atom. The molecule has 0 aromatic heterocycles. The van der Waals surface area contributed by atoms with Crippen LogP contribution >= 0.6 is 0 Å². The van der Waals surface area contributed by atoms with Gasteiger partial charge in [-0.05, 0) is 63.4 Å². The van der Waals surface area contributed by atoms with Crippen molar-refractivity contribution in [1.29, 1.82) is 0 Å². The molecule has 2 aliphatic rings. The predicted octanol–water partition coefficient (Wildman–Crippen LogP) is 3.57. The fourth-order valence-electron chi connectivity index (χ4n) is 3.62. The second-order valence-corrected chi connectivity index (χ2v) is 6.45. The van der Waals surface area contributed by atoms with Gasteiger partial charge < -0.3 is 15.1 Å². The third kappa shape index (κ3) is 3.91. The number of nitrogens with one attached hydrogen (secondary N) is 1. The van der Waals surface area contributed by atoms with Crippen LogP contribution in [0.15, 0.2) is 24.3 Å². The van der Waals surface area contributed by atoms with Crippen molar-refractivity contribution in [2.45, 2.75) is 45.1 Å². The number of nitrogens with zero attached hydrogens (tertiary/aromatic N) is 2. The first kappa shape index (κ1) is 14.7. The zero-order valence-corrected chi connectivity index (χ0v) is 13.4. The van der Waals surface area contributed by atoms with Crippen LogP contribution in [0.25, 0.3) is 0 Å². The number of hydrogen-bond acceptors (Lipinski definition) is 3. The molecular weight excluding hydrogens is 258 g/mol. The highest BCUT2D eigenvalue weighted by atomic mass is 15.1. The Bertz CT molecular complexity index is 440. The fourth-order valence-corrected chi connectivity index (χ4v) is 3.62. The summed E-state index contributed by atoms with van der Waals surface area (Å²) in [5.74, 6) is 0. The molecule has 1 atom stereocenters. The van der Waals surface area contributed by atoms with Crippen LogP contribution in [0.2, 0.25) is 0 Å². The Morgan fingerprint density at radius 1 is 1.05 bits per heavy atom. The Labute approximate surface area is 129 Å². The molecule has 3 rings (SSSR count). The van der Waals surface area contributed by atoms with Crippen molar-refractivity contribution in [2.75, 3.05) is 42.9 Å². The van der Waals surface area contributed by atoms with Crippen LogP contribution < -0.4 is 10.2 Å². The molecule has 3 nitrogen and oxygen atoms in total. The molecule has 2 saturated heterocycles. The number of likely N-dealkylation sites (tertiary alicyclic amines) is 1. The van der Waals surface area contributed by atoms with Gasteiger partial charge >= 0.3 is 0 Å². The summed E-state index contributed by atoms with van der Waals surface area (Å²) in [6.07, 6.45) is 6.56. The van der Waals surface area contributed by atoms with Crippen LogP contribution in [0.1, 0.15) is 39.0 Å². The molecular formula is C18H29N3. The molecule has 0 amide bonds. The summed E-state index contributed by atoms with van der Waals surface area (Å²) in [6.45, 7) is 8.41. The summed E-state index contributed by atoms with van der Waals surface area (Å²) in [5.41, 5.74) is 2.69. The Hall–Kier alpha value is -1.22. The van der Waals surface area contributed by atoms with Crippen LogP contribution in [-0.2, 0) is 0 Å². The highest BCUT2D eigenvalue weighted by Crippen LogP contribution is 2.25. The van der Waals surface area contributed by atoms with Gasteiger partial charge in [-0.3, -0.25) is 0 Å². The highest BCUT2D eigenvalue weighted by molar-refractivity contribution is 5.58. The third-order valence-electron chi connectivity index (χ3n) is 4.96. The molecule has 3 heteroatoms. The van der Waals surface area contributed by atoms with E-state index in [4.69, 9.17) is 0 Å². The van der Waals surface area contributed by atoms with Crippen LogP contribution in [0, 0.1) is 0 Å².